The maximum absolute atomic E-state index is 12.9. The van der Waals surface area contributed by atoms with Gasteiger partial charge in [0.05, 0.1) is 31.4 Å². The number of anilines is 1. The van der Waals surface area contributed by atoms with Gasteiger partial charge in [-0.25, -0.2) is 0 Å². The Morgan fingerprint density at radius 2 is 2.00 bits per heavy atom. The first-order valence-corrected chi connectivity index (χ1v) is 8.82. The first-order chi connectivity index (χ1) is 12.3. The molecule has 1 aromatic carbocycles. The summed E-state index contributed by atoms with van der Waals surface area (Å²) in [7, 11) is 0. The Labute approximate surface area is 151 Å². The van der Waals surface area contributed by atoms with Gasteiger partial charge in [-0.15, -0.1) is 0 Å². The summed E-state index contributed by atoms with van der Waals surface area (Å²) < 4.78 is 49.6. The highest BCUT2D eigenvalue weighted by molar-refractivity contribution is 5.94. The lowest BCUT2D eigenvalue weighted by atomic mass is 9.97. The number of alkyl halides is 3. The molecule has 2 rings (SSSR count). The molecular formula is C18H25F3N2O3. The average molecular weight is 374 g/mol. The van der Waals surface area contributed by atoms with Crippen LogP contribution < -0.4 is 14.8 Å². The number of amides is 1. The van der Waals surface area contributed by atoms with Crippen LogP contribution in [0, 0.1) is 5.92 Å². The van der Waals surface area contributed by atoms with Crippen LogP contribution in [-0.2, 0) is 4.79 Å². The summed E-state index contributed by atoms with van der Waals surface area (Å²) in [6, 6.07) is 5.09. The zero-order valence-electron chi connectivity index (χ0n) is 15.1. The van der Waals surface area contributed by atoms with Gasteiger partial charge in [-0.2, -0.15) is 13.2 Å². The lowest BCUT2D eigenvalue weighted by molar-refractivity contribution is -0.186. The summed E-state index contributed by atoms with van der Waals surface area (Å²) in [5.41, 5.74) is 0.451. The van der Waals surface area contributed by atoms with E-state index in [2.05, 4.69) is 5.32 Å². The predicted octanol–water partition coefficient (Wildman–Crippen LogP) is 3.70. The summed E-state index contributed by atoms with van der Waals surface area (Å²) in [5.74, 6) is -0.663. The van der Waals surface area contributed by atoms with Gasteiger partial charge in [0.2, 0.25) is 5.91 Å². The van der Waals surface area contributed by atoms with Crippen LogP contribution in [0.25, 0.3) is 0 Å². The third kappa shape index (κ3) is 5.79. The average Bonchev–Trinajstić information content (AvgIpc) is 2.57. The standard InChI is InChI=1S/C18H25F3N2O3/c1-3-25-14-7-8-16(26-4-2)15(10-14)22-17(24)12-23-9-5-6-13(11-23)18(19,20)21/h7-8,10,13H,3-6,9,11-12H2,1-2H3,(H,22,24). The van der Waals surface area contributed by atoms with Gasteiger partial charge < -0.3 is 14.8 Å². The molecule has 0 aliphatic carbocycles. The van der Waals surface area contributed by atoms with Crippen molar-refractivity contribution in [2.45, 2.75) is 32.9 Å². The number of carbonyl (C=O) groups is 1. The Bertz CT molecular complexity index is 608. The second-order valence-electron chi connectivity index (χ2n) is 6.19. The van der Waals surface area contributed by atoms with E-state index in [0.717, 1.165) is 0 Å². The largest absolute Gasteiger partial charge is 0.494 e. The molecule has 0 spiro atoms. The Kier molecular flexibility index (Phi) is 7.14. The molecule has 1 aliphatic heterocycles. The molecule has 0 bridgehead atoms. The Hall–Kier alpha value is -1.96. The van der Waals surface area contributed by atoms with Gasteiger partial charge in [-0.3, -0.25) is 9.69 Å². The summed E-state index contributed by atoms with van der Waals surface area (Å²) in [6.07, 6.45) is -3.67. The monoisotopic (exact) mass is 374 g/mol. The molecule has 146 valence electrons. The smallest absolute Gasteiger partial charge is 0.393 e. The van der Waals surface area contributed by atoms with E-state index in [1.54, 1.807) is 23.1 Å². The Morgan fingerprint density at radius 3 is 2.65 bits per heavy atom. The second kappa shape index (κ2) is 9.12. The quantitative estimate of drug-likeness (QED) is 0.791. The fourth-order valence-corrected chi connectivity index (χ4v) is 3.00. The van der Waals surface area contributed by atoms with Gasteiger partial charge in [0.15, 0.2) is 0 Å². The van der Waals surface area contributed by atoms with E-state index in [0.29, 0.717) is 43.4 Å². The molecule has 1 amide bonds. The van der Waals surface area contributed by atoms with Gasteiger partial charge in [0.1, 0.15) is 11.5 Å². The van der Waals surface area contributed by atoms with Crippen molar-refractivity contribution < 1.29 is 27.4 Å². The molecule has 0 radical (unpaired) electrons. The highest BCUT2D eigenvalue weighted by atomic mass is 19.4. The second-order valence-corrected chi connectivity index (χ2v) is 6.19. The molecular weight excluding hydrogens is 349 g/mol. The molecule has 26 heavy (non-hydrogen) atoms. The molecule has 1 aliphatic rings. The zero-order chi connectivity index (χ0) is 19.2. The van der Waals surface area contributed by atoms with Crippen LogP contribution in [0.5, 0.6) is 11.5 Å². The van der Waals surface area contributed by atoms with Gasteiger partial charge in [0, 0.05) is 12.6 Å². The van der Waals surface area contributed by atoms with E-state index in [1.165, 1.54) is 0 Å². The SMILES string of the molecule is CCOc1ccc(OCC)c(NC(=O)CN2CCCC(C(F)(F)F)C2)c1. The first kappa shape index (κ1) is 20.4. The van der Waals surface area contributed by atoms with E-state index >= 15 is 0 Å². The summed E-state index contributed by atoms with van der Waals surface area (Å²) >= 11 is 0. The van der Waals surface area contributed by atoms with E-state index < -0.39 is 12.1 Å². The number of likely N-dealkylation sites (tertiary alicyclic amines) is 1. The molecule has 5 nitrogen and oxygen atoms in total. The van der Waals surface area contributed by atoms with Crippen molar-refractivity contribution in [2.24, 2.45) is 5.92 Å². The zero-order valence-corrected chi connectivity index (χ0v) is 15.1. The van der Waals surface area contributed by atoms with Crippen molar-refractivity contribution in [1.82, 2.24) is 4.90 Å². The van der Waals surface area contributed by atoms with Gasteiger partial charge in [-0.05, 0) is 45.4 Å². The minimum absolute atomic E-state index is 0.0863. The summed E-state index contributed by atoms with van der Waals surface area (Å²) in [6.45, 7) is 4.84. The van der Waals surface area contributed by atoms with Crippen LogP contribution in [0.3, 0.4) is 0 Å². The van der Waals surface area contributed by atoms with Crippen LogP contribution in [0.4, 0.5) is 18.9 Å². The van der Waals surface area contributed by atoms with E-state index in [4.69, 9.17) is 9.47 Å². The number of hydrogen-bond acceptors (Lipinski definition) is 4. The van der Waals surface area contributed by atoms with Crippen LogP contribution in [0.1, 0.15) is 26.7 Å². The van der Waals surface area contributed by atoms with E-state index in [1.807, 2.05) is 13.8 Å². The lowest BCUT2D eigenvalue weighted by Gasteiger charge is -2.33. The first-order valence-electron chi connectivity index (χ1n) is 8.82. The molecule has 1 atom stereocenters. The minimum atomic E-state index is -4.22. The number of rotatable bonds is 7. The maximum atomic E-state index is 12.9. The number of benzene rings is 1. The fraction of sp³-hybridized carbons (Fsp3) is 0.611. The molecule has 0 aromatic heterocycles. The normalized spacial score (nSPS) is 18.4. The highest BCUT2D eigenvalue weighted by Crippen LogP contribution is 2.33. The Balaban J connectivity index is 2.01. The van der Waals surface area contributed by atoms with Crippen molar-refractivity contribution >= 4 is 11.6 Å². The summed E-state index contributed by atoms with van der Waals surface area (Å²) in [4.78, 5) is 13.9. The van der Waals surface area contributed by atoms with E-state index in [-0.39, 0.29) is 25.4 Å². The fourth-order valence-electron chi connectivity index (χ4n) is 3.00. The number of nitrogens with one attached hydrogen (secondary N) is 1. The highest BCUT2D eigenvalue weighted by Gasteiger charge is 2.41. The van der Waals surface area contributed by atoms with Crippen molar-refractivity contribution in [3.05, 3.63) is 18.2 Å². The molecule has 8 heteroatoms. The van der Waals surface area contributed by atoms with Crippen LogP contribution in [0.2, 0.25) is 0 Å². The lowest BCUT2D eigenvalue weighted by Crippen LogP contribution is -2.44. The molecule has 0 saturated carbocycles. The molecule has 1 unspecified atom stereocenters. The van der Waals surface area contributed by atoms with Crippen molar-refractivity contribution in [2.75, 3.05) is 38.2 Å². The van der Waals surface area contributed by atoms with Gasteiger partial charge in [0.25, 0.3) is 0 Å². The van der Waals surface area contributed by atoms with Crippen LogP contribution >= 0.6 is 0 Å². The predicted molar refractivity (Wildman–Crippen MR) is 92.6 cm³/mol. The number of piperidine rings is 1. The van der Waals surface area contributed by atoms with Gasteiger partial charge in [-0.1, -0.05) is 0 Å². The third-order valence-corrected chi connectivity index (χ3v) is 4.17. The third-order valence-electron chi connectivity index (χ3n) is 4.17. The van der Waals surface area contributed by atoms with E-state index in [9.17, 15) is 18.0 Å². The topological polar surface area (TPSA) is 50.8 Å². The molecule has 1 fully saturated rings. The minimum Gasteiger partial charge on any atom is -0.494 e. The molecule has 1 N–H and O–H groups in total. The van der Waals surface area contributed by atoms with Crippen molar-refractivity contribution in [1.29, 1.82) is 0 Å². The van der Waals surface area contributed by atoms with Crippen molar-refractivity contribution in [3.8, 4) is 11.5 Å². The van der Waals surface area contributed by atoms with Crippen LogP contribution in [-0.4, -0.2) is 49.8 Å². The number of carbonyl (C=O) groups excluding carboxylic acids is 1. The number of halogens is 3. The number of nitrogens with zero attached hydrogens (tertiary/aromatic N) is 1. The Morgan fingerprint density at radius 1 is 1.27 bits per heavy atom. The number of ether oxygens (including phenoxy) is 2. The molecule has 1 heterocycles. The molecule has 1 aromatic rings. The maximum Gasteiger partial charge on any atom is 0.393 e. The van der Waals surface area contributed by atoms with Gasteiger partial charge >= 0.3 is 6.18 Å². The van der Waals surface area contributed by atoms with Crippen LogP contribution in [0.15, 0.2) is 18.2 Å². The molecule has 1 saturated heterocycles. The van der Waals surface area contributed by atoms with Crippen molar-refractivity contribution in [3.63, 3.8) is 0 Å². The summed E-state index contributed by atoms with van der Waals surface area (Å²) in [5, 5.41) is 2.73. The number of hydrogen-bond donors (Lipinski definition) is 1.